The van der Waals surface area contributed by atoms with Crippen LogP contribution in [-0.4, -0.2) is 44.6 Å². The maximum atomic E-state index is 10.00. The number of hydrogen-bond acceptors (Lipinski definition) is 5. The number of phenolic OH excluding ortho intramolecular Hbond substituents is 1. The molecule has 0 saturated carbocycles. The lowest BCUT2D eigenvalue weighted by Crippen LogP contribution is -2.33. The zero-order valence-corrected chi connectivity index (χ0v) is 15.0. The van der Waals surface area contributed by atoms with Crippen LogP contribution in [0.15, 0.2) is 36.4 Å². The predicted molar refractivity (Wildman–Crippen MR) is 97.6 cm³/mol. The SMILES string of the molecule is C=O.COc1ccc2c(c1)CCN(C)C2Cc1ccc(OC)c(O)c1. The molecule has 5 heteroatoms. The molecular weight excluding hydrogens is 318 g/mol. The summed E-state index contributed by atoms with van der Waals surface area (Å²) in [5.41, 5.74) is 3.80. The second-order valence-corrected chi connectivity index (χ2v) is 6.02. The molecular formula is C20H25NO4. The summed E-state index contributed by atoms with van der Waals surface area (Å²) in [7, 11) is 5.42. The molecule has 1 N–H and O–H groups in total. The van der Waals surface area contributed by atoms with Crippen molar-refractivity contribution in [3.8, 4) is 17.2 Å². The summed E-state index contributed by atoms with van der Waals surface area (Å²) in [6, 6.07) is 12.3. The number of likely N-dealkylation sites (N-methyl/N-ethyl adjacent to an activating group) is 1. The van der Waals surface area contributed by atoms with E-state index in [9.17, 15) is 5.11 Å². The molecule has 1 heterocycles. The summed E-state index contributed by atoms with van der Waals surface area (Å²) < 4.78 is 10.5. The minimum Gasteiger partial charge on any atom is -0.504 e. The molecule has 2 aromatic carbocycles. The Morgan fingerprint density at radius 1 is 1.16 bits per heavy atom. The fraction of sp³-hybridized carbons (Fsp3) is 0.350. The number of fused-ring (bicyclic) bond motifs is 1. The lowest BCUT2D eigenvalue weighted by molar-refractivity contribution is -0.0979. The molecule has 0 fully saturated rings. The van der Waals surface area contributed by atoms with Gasteiger partial charge < -0.3 is 19.4 Å². The maximum Gasteiger partial charge on any atom is 0.160 e. The largest absolute Gasteiger partial charge is 0.504 e. The molecule has 0 bridgehead atoms. The molecule has 3 rings (SSSR count). The molecule has 0 aliphatic carbocycles. The van der Waals surface area contributed by atoms with Crippen molar-refractivity contribution < 1.29 is 19.4 Å². The van der Waals surface area contributed by atoms with Crippen LogP contribution in [0.4, 0.5) is 0 Å². The number of phenols is 1. The van der Waals surface area contributed by atoms with Crippen molar-refractivity contribution in [1.82, 2.24) is 4.90 Å². The maximum absolute atomic E-state index is 10.00. The average molecular weight is 343 g/mol. The number of ether oxygens (including phenoxy) is 2. The van der Waals surface area contributed by atoms with Gasteiger partial charge in [0.15, 0.2) is 11.5 Å². The molecule has 1 aliphatic rings. The summed E-state index contributed by atoms with van der Waals surface area (Å²) >= 11 is 0. The highest BCUT2D eigenvalue weighted by Gasteiger charge is 2.25. The first-order valence-corrected chi connectivity index (χ1v) is 8.14. The Kier molecular flexibility index (Phi) is 6.42. The standard InChI is InChI=1S/C19H23NO3.CH2O/c1-20-9-8-14-12-15(22-2)5-6-16(14)17(20)10-13-4-7-19(23-3)18(21)11-13;1-2/h4-7,11-12,17,21H,8-10H2,1-3H3;1H2. The van der Waals surface area contributed by atoms with Crippen molar-refractivity contribution in [3.63, 3.8) is 0 Å². The van der Waals surface area contributed by atoms with Crippen LogP contribution < -0.4 is 9.47 Å². The summed E-state index contributed by atoms with van der Waals surface area (Å²) in [4.78, 5) is 10.4. The summed E-state index contributed by atoms with van der Waals surface area (Å²) in [5, 5.41) is 10.00. The molecule has 1 aliphatic heterocycles. The molecule has 0 aromatic heterocycles. The van der Waals surface area contributed by atoms with Crippen LogP contribution in [-0.2, 0) is 17.6 Å². The lowest BCUT2D eigenvalue weighted by Gasteiger charge is -2.35. The van der Waals surface area contributed by atoms with Gasteiger partial charge in [0.2, 0.25) is 0 Å². The van der Waals surface area contributed by atoms with E-state index in [0.29, 0.717) is 11.8 Å². The second kappa shape index (κ2) is 8.53. The Labute approximate surface area is 148 Å². The molecule has 2 aromatic rings. The van der Waals surface area contributed by atoms with Crippen LogP contribution in [0.2, 0.25) is 0 Å². The number of nitrogens with zero attached hydrogens (tertiary/aromatic N) is 1. The van der Waals surface area contributed by atoms with Gasteiger partial charge in [0.05, 0.1) is 14.2 Å². The third-order valence-corrected chi connectivity index (χ3v) is 4.65. The first-order valence-electron chi connectivity index (χ1n) is 8.14. The van der Waals surface area contributed by atoms with Gasteiger partial charge in [-0.05, 0) is 60.8 Å². The Bertz CT molecular complexity index is 717. The number of hydrogen-bond donors (Lipinski definition) is 1. The van der Waals surface area contributed by atoms with Crippen LogP contribution in [0.3, 0.4) is 0 Å². The topological polar surface area (TPSA) is 59.0 Å². The Hall–Kier alpha value is -2.53. The first kappa shape index (κ1) is 18.8. The Morgan fingerprint density at radius 2 is 1.92 bits per heavy atom. The van der Waals surface area contributed by atoms with Gasteiger partial charge in [0.1, 0.15) is 12.5 Å². The van der Waals surface area contributed by atoms with Gasteiger partial charge >= 0.3 is 0 Å². The van der Waals surface area contributed by atoms with Crippen molar-refractivity contribution in [3.05, 3.63) is 53.1 Å². The quantitative estimate of drug-likeness (QED) is 0.925. The van der Waals surface area contributed by atoms with E-state index in [1.165, 1.54) is 11.1 Å². The second-order valence-electron chi connectivity index (χ2n) is 6.02. The van der Waals surface area contributed by atoms with E-state index >= 15 is 0 Å². The lowest BCUT2D eigenvalue weighted by atomic mass is 9.89. The molecule has 0 saturated heterocycles. The highest BCUT2D eigenvalue weighted by Crippen LogP contribution is 2.35. The fourth-order valence-corrected chi connectivity index (χ4v) is 3.29. The third kappa shape index (κ3) is 4.12. The fourth-order valence-electron chi connectivity index (χ4n) is 3.29. The molecule has 1 atom stereocenters. The molecule has 1 unspecified atom stereocenters. The highest BCUT2D eigenvalue weighted by atomic mass is 16.5. The van der Waals surface area contributed by atoms with E-state index in [0.717, 1.165) is 30.7 Å². The summed E-state index contributed by atoms with van der Waals surface area (Å²) in [5.74, 6) is 1.61. The van der Waals surface area contributed by atoms with Gasteiger partial charge in [-0.25, -0.2) is 0 Å². The summed E-state index contributed by atoms with van der Waals surface area (Å²) in [6.07, 6.45) is 1.89. The van der Waals surface area contributed by atoms with Crippen molar-refractivity contribution in [2.75, 3.05) is 27.8 Å². The molecule has 0 radical (unpaired) electrons. The molecule has 0 amide bonds. The zero-order chi connectivity index (χ0) is 18.4. The van der Waals surface area contributed by atoms with Gasteiger partial charge in [0, 0.05) is 12.6 Å². The van der Waals surface area contributed by atoms with E-state index in [2.05, 4.69) is 24.1 Å². The van der Waals surface area contributed by atoms with Gasteiger partial charge in [-0.15, -0.1) is 0 Å². The average Bonchev–Trinajstić information content (AvgIpc) is 2.65. The first-order chi connectivity index (χ1) is 12.1. The van der Waals surface area contributed by atoms with Crippen LogP contribution in [0, 0.1) is 0 Å². The van der Waals surface area contributed by atoms with E-state index in [4.69, 9.17) is 14.3 Å². The van der Waals surface area contributed by atoms with Gasteiger partial charge in [-0.1, -0.05) is 12.1 Å². The van der Waals surface area contributed by atoms with Crippen molar-refractivity contribution >= 4 is 6.79 Å². The normalized spacial score (nSPS) is 16.4. The zero-order valence-electron chi connectivity index (χ0n) is 15.0. The minimum absolute atomic E-state index is 0.193. The van der Waals surface area contributed by atoms with E-state index in [1.807, 2.05) is 25.0 Å². The third-order valence-electron chi connectivity index (χ3n) is 4.65. The van der Waals surface area contributed by atoms with Crippen LogP contribution in [0.1, 0.15) is 22.7 Å². The van der Waals surface area contributed by atoms with Gasteiger partial charge in [-0.3, -0.25) is 4.90 Å². The van der Waals surface area contributed by atoms with Crippen molar-refractivity contribution in [2.45, 2.75) is 18.9 Å². The van der Waals surface area contributed by atoms with E-state index < -0.39 is 0 Å². The number of aromatic hydroxyl groups is 1. The molecule has 5 nitrogen and oxygen atoms in total. The summed E-state index contributed by atoms with van der Waals surface area (Å²) in [6.45, 7) is 3.02. The van der Waals surface area contributed by atoms with Gasteiger partial charge in [-0.2, -0.15) is 0 Å². The highest BCUT2D eigenvalue weighted by molar-refractivity contribution is 5.44. The van der Waals surface area contributed by atoms with Gasteiger partial charge in [0.25, 0.3) is 0 Å². The molecule has 0 spiro atoms. The number of benzene rings is 2. The van der Waals surface area contributed by atoms with Crippen LogP contribution in [0.5, 0.6) is 17.2 Å². The monoisotopic (exact) mass is 343 g/mol. The van der Waals surface area contributed by atoms with E-state index in [1.54, 1.807) is 20.3 Å². The smallest absolute Gasteiger partial charge is 0.160 e. The Balaban J connectivity index is 0.00000109. The Morgan fingerprint density at radius 3 is 2.56 bits per heavy atom. The van der Waals surface area contributed by atoms with Crippen molar-refractivity contribution in [1.29, 1.82) is 0 Å². The molecule has 134 valence electrons. The number of rotatable bonds is 4. The number of methoxy groups -OCH3 is 2. The van der Waals surface area contributed by atoms with E-state index in [-0.39, 0.29) is 5.75 Å². The van der Waals surface area contributed by atoms with Crippen LogP contribution >= 0.6 is 0 Å². The number of carbonyl (C=O) groups excluding carboxylic acids is 1. The molecule has 25 heavy (non-hydrogen) atoms. The minimum atomic E-state index is 0.193. The van der Waals surface area contributed by atoms with Crippen LogP contribution in [0.25, 0.3) is 0 Å². The predicted octanol–water partition coefficient (Wildman–Crippen LogP) is 3.00. The number of carbonyl (C=O) groups is 1. The van der Waals surface area contributed by atoms with Crippen molar-refractivity contribution in [2.24, 2.45) is 0 Å².